The molecule has 0 aliphatic rings. The van der Waals surface area contributed by atoms with Crippen LogP contribution in [0.1, 0.15) is 43.0 Å². The first-order chi connectivity index (χ1) is 14.1. The van der Waals surface area contributed by atoms with Crippen molar-refractivity contribution < 1.29 is 9.53 Å². The van der Waals surface area contributed by atoms with Crippen LogP contribution in [-0.4, -0.2) is 40.1 Å². The van der Waals surface area contributed by atoms with Gasteiger partial charge in [-0.1, -0.05) is 32.3 Å². The van der Waals surface area contributed by atoms with Crippen molar-refractivity contribution in [2.45, 2.75) is 39.2 Å². The summed E-state index contributed by atoms with van der Waals surface area (Å²) in [5.74, 6) is -0.395. The molecule has 3 aromatic heterocycles. The zero-order valence-electron chi connectivity index (χ0n) is 16.9. The highest BCUT2D eigenvalue weighted by atomic mass is 16.5. The predicted molar refractivity (Wildman–Crippen MR) is 111 cm³/mol. The Hall–Kier alpha value is -3.00. The molecular weight excluding hydrogens is 370 g/mol. The second kappa shape index (κ2) is 9.47. The Labute approximate surface area is 168 Å². The summed E-state index contributed by atoms with van der Waals surface area (Å²) >= 11 is 0. The van der Waals surface area contributed by atoms with Gasteiger partial charge in [-0.15, -0.1) is 0 Å². The summed E-state index contributed by atoms with van der Waals surface area (Å²) in [5.41, 5.74) is 0.939. The Bertz CT molecular complexity index is 1130. The number of nitrogens with zero attached hydrogens (tertiary/aromatic N) is 3. The van der Waals surface area contributed by atoms with Gasteiger partial charge in [-0.05, 0) is 24.6 Å². The summed E-state index contributed by atoms with van der Waals surface area (Å²) < 4.78 is 8.11. The summed E-state index contributed by atoms with van der Waals surface area (Å²) in [6.07, 6.45) is 5.72. The van der Waals surface area contributed by atoms with E-state index in [1.807, 2.05) is 6.07 Å². The van der Waals surface area contributed by atoms with E-state index < -0.39 is 5.91 Å². The fraction of sp³-hybridized carbons (Fsp3) is 0.429. The third-order valence-corrected chi connectivity index (χ3v) is 4.89. The number of rotatable bonds is 9. The number of aromatic nitrogens is 3. The van der Waals surface area contributed by atoms with E-state index in [2.05, 4.69) is 17.2 Å². The van der Waals surface area contributed by atoms with E-state index in [-0.39, 0.29) is 16.6 Å². The fourth-order valence-corrected chi connectivity index (χ4v) is 3.34. The highest BCUT2D eigenvalue weighted by Crippen LogP contribution is 2.12. The Balaban J connectivity index is 2.16. The topological polar surface area (TPSA) is 101 Å². The van der Waals surface area contributed by atoms with Crippen LogP contribution in [0.25, 0.3) is 16.7 Å². The van der Waals surface area contributed by atoms with Crippen LogP contribution in [0, 0.1) is 5.41 Å². The van der Waals surface area contributed by atoms with E-state index in [9.17, 15) is 9.59 Å². The molecule has 8 nitrogen and oxygen atoms in total. The molecule has 2 N–H and O–H groups in total. The van der Waals surface area contributed by atoms with Crippen molar-refractivity contribution in [2.75, 3.05) is 20.3 Å². The molecule has 0 bridgehead atoms. The molecule has 0 aromatic carbocycles. The minimum atomic E-state index is -0.395. The molecule has 0 aliphatic carbocycles. The Morgan fingerprint density at radius 3 is 2.86 bits per heavy atom. The van der Waals surface area contributed by atoms with Gasteiger partial charge in [0.2, 0.25) is 0 Å². The van der Waals surface area contributed by atoms with Crippen LogP contribution < -0.4 is 16.4 Å². The summed E-state index contributed by atoms with van der Waals surface area (Å²) in [6, 6.07) is 6.82. The summed E-state index contributed by atoms with van der Waals surface area (Å²) in [7, 11) is 1.56. The molecule has 0 saturated carbocycles. The van der Waals surface area contributed by atoms with Crippen molar-refractivity contribution in [3.05, 3.63) is 51.9 Å². The van der Waals surface area contributed by atoms with Crippen molar-refractivity contribution in [3.63, 3.8) is 0 Å². The largest absolute Gasteiger partial charge is 0.383 e. The second-order valence-electron chi connectivity index (χ2n) is 6.95. The van der Waals surface area contributed by atoms with Crippen LogP contribution in [0.2, 0.25) is 0 Å². The van der Waals surface area contributed by atoms with E-state index in [0.29, 0.717) is 36.4 Å². The Kier molecular flexibility index (Phi) is 6.77. The first-order valence-electron chi connectivity index (χ1n) is 9.95. The zero-order chi connectivity index (χ0) is 20.8. The van der Waals surface area contributed by atoms with Crippen LogP contribution in [0.3, 0.4) is 0 Å². The molecule has 3 heterocycles. The number of hydrogen-bond acceptors (Lipinski definition) is 5. The molecule has 3 aromatic rings. The van der Waals surface area contributed by atoms with E-state index >= 15 is 0 Å². The van der Waals surface area contributed by atoms with Gasteiger partial charge in [0.15, 0.2) is 0 Å². The summed E-state index contributed by atoms with van der Waals surface area (Å²) in [5, 5.41) is 11.7. The van der Waals surface area contributed by atoms with Crippen LogP contribution in [0.5, 0.6) is 0 Å². The van der Waals surface area contributed by atoms with E-state index in [0.717, 1.165) is 25.7 Å². The number of carbonyl (C=O) groups excluding carboxylic acids is 1. The lowest BCUT2D eigenvalue weighted by Gasteiger charge is -2.14. The number of amides is 1. The smallest absolute Gasteiger partial charge is 0.267 e. The molecule has 29 heavy (non-hydrogen) atoms. The maximum atomic E-state index is 13.1. The molecule has 0 unspecified atom stereocenters. The average molecular weight is 397 g/mol. The number of nitrogens with one attached hydrogen (secondary N) is 2. The Morgan fingerprint density at radius 2 is 2.10 bits per heavy atom. The highest BCUT2D eigenvalue weighted by molar-refractivity contribution is 5.96. The molecule has 0 radical (unpaired) electrons. The number of unbranched alkanes of at least 4 members (excludes halogenated alkanes) is 3. The van der Waals surface area contributed by atoms with Crippen molar-refractivity contribution in [3.8, 4) is 0 Å². The van der Waals surface area contributed by atoms with Gasteiger partial charge in [0.25, 0.3) is 11.5 Å². The summed E-state index contributed by atoms with van der Waals surface area (Å²) in [4.78, 5) is 30.3. The average Bonchev–Trinajstić information content (AvgIpc) is 2.72. The van der Waals surface area contributed by atoms with E-state index in [1.165, 1.54) is 10.5 Å². The van der Waals surface area contributed by atoms with Crippen molar-refractivity contribution in [1.82, 2.24) is 19.3 Å². The molecule has 8 heteroatoms. The van der Waals surface area contributed by atoms with Gasteiger partial charge in [-0.25, -0.2) is 4.98 Å². The highest BCUT2D eigenvalue weighted by Gasteiger charge is 2.17. The van der Waals surface area contributed by atoms with Gasteiger partial charge >= 0.3 is 0 Å². The standard InChI is InChI=1S/C21H27N5O3/c1-3-4-5-7-12-26-18(22)15(20(27)23-10-13-29-2)14-16-19(26)24-17-9-6-8-11-25(17)21(16)28/h6,8-9,11,14,22H,3-5,7,10,12-13H2,1-2H3,(H,23,27). The van der Waals surface area contributed by atoms with Gasteiger partial charge in [-0.3, -0.25) is 19.4 Å². The molecule has 0 atom stereocenters. The first-order valence-corrected chi connectivity index (χ1v) is 9.95. The predicted octanol–water partition coefficient (Wildman–Crippen LogP) is 2.09. The van der Waals surface area contributed by atoms with Crippen molar-refractivity contribution in [1.29, 1.82) is 5.41 Å². The monoisotopic (exact) mass is 397 g/mol. The van der Waals surface area contributed by atoms with Crippen molar-refractivity contribution >= 4 is 22.6 Å². The minimum Gasteiger partial charge on any atom is -0.383 e. The number of hydrogen-bond donors (Lipinski definition) is 2. The lowest BCUT2D eigenvalue weighted by atomic mass is 10.1. The number of aryl methyl sites for hydroxylation is 1. The normalized spacial score (nSPS) is 11.2. The number of pyridine rings is 2. The number of carbonyl (C=O) groups is 1. The van der Waals surface area contributed by atoms with Gasteiger partial charge in [-0.2, -0.15) is 0 Å². The SMILES string of the molecule is CCCCCCn1c(=N)c(C(=O)NCCOC)cc2c(=O)n3ccccc3nc21. The quantitative estimate of drug-likeness (QED) is 0.426. The molecule has 0 spiro atoms. The molecule has 0 aliphatic heterocycles. The Morgan fingerprint density at radius 1 is 1.28 bits per heavy atom. The first kappa shape index (κ1) is 20.7. The molecule has 3 rings (SSSR count). The van der Waals surface area contributed by atoms with Gasteiger partial charge in [0, 0.05) is 26.4 Å². The molecule has 0 saturated heterocycles. The number of fused-ring (bicyclic) bond motifs is 2. The van der Waals surface area contributed by atoms with E-state index in [4.69, 9.17) is 10.1 Å². The zero-order valence-corrected chi connectivity index (χ0v) is 16.9. The second-order valence-corrected chi connectivity index (χ2v) is 6.95. The molecule has 1 amide bonds. The van der Waals surface area contributed by atoms with Crippen LogP contribution in [0.4, 0.5) is 0 Å². The number of ether oxygens (including phenoxy) is 1. The van der Waals surface area contributed by atoms with Crippen LogP contribution in [-0.2, 0) is 11.3 Å². The van der Waals surface area contributed by atoms with Gasteiger partial charge in [0.1, 0.15) is 16.8 Å². The number of methoxy groups -OCH3 is 1. The van der Waals surface area contributed by atoms with Crippen LogP contribution in [0.15, 0.2) is 35.3 Å². The van der Waals surface area contributed by atoms with Gasteiger partial charge < -0.3 is 14.6 Å². The summed E-state index contributed by atoms with van der Waals surface area (Å²) in [6.45, 7) is 3.37. The molecule has 0 fully saturated rings. The maximum Gasteiger partial charge on any atom is 0.267 e. The third-order valence-electron chi connectivity index (χ3n) is 4.89. The minimum absolute atomic E-state index is 0.0658. The van der Waals surface area contributed by atoms with Crippen molar-refractivity contribution in [2.24, 2.45) is 0 Å². The lowest BCUT2D eigenvalue weighted by Crippen LogP contribution is -2.36. The molecular formula is C21H27N5O3. The van der Waals surface area contributed by atoms with Crippen LogP contribution >= 0.6 is 0 Å². The van der Waals surface area contributed by atoms with Gasteiger partial charge in [0.05, 0.1) is 17.6 Å². The third kappa shape index (κ3) is 4.37. The molecule has 154 valence electrons. The lowest BCUT2D eigenvalue weighted by molar-refractivity contribution is 0.0934. The maximum absolute atomic E-state index is 13.1. The fourth-order valence-electron chi connectivity index (χ4n) is 3.34. The van der Waals surface area contributed by atoms with E-state index in [1.54, 1.807) is 30.0 Å².